The number of nitrogens with zero attached hydrogens (tertiary/aromatic N) is 1. The van der Waals surface area contributed by atoms with Crippen LogP contribution in [0.3, 0.4) is 0 Å². The van der Waals surface area contributed by atoms with Gasteiger partial charge in [-0.25, -0.2) is 4.79 Å². The fourth-order valence-electron chi connectivity index (χ4n) is 4.58. The van der Waals surface area contributed by atoms with Gasteiger partial charge in [-0.05, 0) is 78.1 Å². The van der Waals surface area contributed by atoms with Gasteiger partial charge >= 0.3 is 12.1 Å². The predicted molar refractivity (Wildman–Crippen MR) is 118 cm³/mol. The van der Waals surface area contributed by atoms with E-state index >= 15 is 0 Å². The molecule has 0 amide bonds. The van der Waals surface area contributed by atoms with E-state index in [2.05, 4.69) is 26.8 Å². The summed E-state index contributed by atoms with van der Waals surface area (Å²) in [4.78, 5) is 11.5. The van der Waals surface area contributed by atoms with Gasteiger partial charge in [0.15, 0.2) is 0 Å². The van der Waals surface area contributed by atoms with Gasteiger partial charge in [0.05, 0.1) is 16.8 Å². The van der Waals surface area contributed by atoms with Crippen LogP contribution in [-0.4, -0.2) is 15.6 Å². The van der Waals surface area contributed by atoms with Gasteiger partial charge < -0.3 is 9.67 Å². The van der Waals surface area contributed by atoms with E-state index in [1.54, 1.807) is 12.1 Å². The minimum Gasteiger partial charge on any atom is -0.478 e. The molecule has 3 nitrogen and oxygen atoms in total. The van der Waals surface area contributed by atoms with Crippen molar-refractivity contribution in [3.8, 4) is 16.9 Å². The number of hydrogen-bond acceptors (Lipinski definition) is 1. The number of benzene rings is 2. The van der Waals surface area contributed by atoms with Crippen LogP contribution in [0.15, 0.2) is 54.6 Å². The minimum absolute atomic E-state index is 0.150. The standard InChI is InChI=1S/C26H26F3NO2/c1-25(2,3)20-11-12-22-18(13-20)15-23(16-7-9-19(10-8-16)26(27,28)29)30(22)21-6-4-5-17(14-21)24(31)32/h4-10,14-15,20H,11-13H2,1-3H3,(H,31,32). The van der Waals surface area contributed by atoms with E-state index in [0.717, 1.165) is 42.8 Å². The maximum Gasteiger partial charge on any atom is 0.416 e. The average Bonchev–Trinajstić information content (AvgIpc) is 3.11. The number of hydrogen-bond donors (Lipinski definition) is 1. The summed E-state index contributed by atoms with van der Waals surface area (Å²) in [5.41, 5.74) is 4.06. The Hall–Kier alpha value is -3.02. The van der Waals surface area contributed by atoms with E-state index in [1.165, 1.54) is 23.8 Å². The molecule has 6 heteroatoms. The molecule has 1 atom stereocenters. The normalized spacial score (nSPS) is 16.6. The minimum atomic E-state index is -4.39. The lowest BCUT2D eigenvalue weighted by atomic mass is 9.72. The molecule has 1 unspecified atom stereocenters. The Morgan fingerprint density at radius 2 is 1.72 bits per heavy atom. The quantitative estimate of drug-likeness (QED) is 0.475. The summed E-state index contributed by atoms with van der Waals surface area (Å²) >= 11 is 0. The van der Waals surface area contributed by atoms with Crippen molar-refractivity contribution in [2.45, 2.75) is 46.2 Å². The smallest absolute Gasteiger partial charge is 0.416 e. The highest BCUT2D eigenvalue weighted by Crippen LogP contribution is 2.41. The fraction of sp³-hybridized carbons (Fsp3) is 0.346. The first kappa shape index (κ1) is 22.2. The first-order valence-electron chi connectivity index (χ1n) is 10.7. The molecule has 0 spiro atoms. The van der Waals surface area contributed by atoms with Gasteiger partial charge in [-0.15, -0.1) is 0 Å². The average molecular weight is 441 g/mol. The maximum atomic E-state index is 13.1. The first-order valence-corrected chi connectivity index (χ1v) is 10.7. The lowest BCUT2D eigenvalue weighted by Gasteiger charge is -2.34. The zero-order valence-electron chi connectivity index (χ0n) is 18.3. The van der Waals surface area contributed by atoms with Gasteiger partial charge in [-0.2, -0.15) is 13.2 Å². The Balaban J connectivity index is 1.87. The number of carboxylic acids is 1. The van der Waals surface area contributed by atoms with Crippen LogP contribution in [-0.2, 0) is 19.0 Å². The van der Waals surface area contributed by atoms with Crippen molar-refractivity contribution in [1.29, 1.82) is 0 Å². The summed E-state index contributed by atoms with van der Waals surface area (Å²) in [6, 6.07) is 13.9. The summed E-state index contributed by atoms with van der Waals surface area (Å²) in [5, 5.41) is 9.45. The second-order valence-corrected chi connectivity index (χ2v) is 9.57. The zero-order valence-corrected chi connectivity index (χ0v) is 18.3. The highest BCUT2D eigenvalue weighted by atomic mass is 19.4. The van der Waals surface area contributed by atoms with E-state index in [-0.39, 0.29) is 11.0 Å². The Morgan fingerprint density at radius 3 is 2.31 bits per heavy atom. The Morgan fingerprint density at radius 1 is 1.03 bits per heavy atom. The monoisotopic (exact) mass is 441 g/mol. The van der Waals surface area contributed by atoms with Crippen LogP contribution in [0.5, 0.6) is 0 Å². The number of rotatable bonds is 3. The van der Waals surface area contributed by atoms with Gasteiger partial charge in [0, 0.05) is 11.4 Å². The van der Waals surface area contributed by atoms with E-state index in [4.69, 9.17) is 0 Å². The molecule has 1 N–H and O–H groups in total. The number of fused-ring (bicyclic) bond motifs is 1. The van der Waals surface area contributed by atoms with Crippen molar-refractivity contribution in [1.82, 2.24) is 4.57 Å². The molecule has 0 aliphatic heterocycles. The summed E-state index contributed by atoms with van der Waals surface area (Å²) < 4.78 is 41.2. The number of alkyl halides is 3. The molecular formula is C26H26F3NO2. The molecular weight excluding hydrogens is 415 g/mol. The Labute approximate surface area is 185 Å². The van der Waals surface area contributed by atoms with Crippen LogP contribution in [0, 0.1) is 11.3 Å². The molecule has 168 valence electrons. The second-order valence-electron chi connectivity index (χ2n) is 9.57. The highest BCUT2D eigenvalue weighted by Gasteiger charge is 2.33. The largest absolute Gasteiger partial charge is 0.478 e. The van der Waals surface area contributed by atoms with Crippen molar-refractivity contribution in [2.24, 2.45) is 11.3 Å². The highest BCUT2D eigenvalue weighted by molar-refractivity contribution is 5.88. The number of aromatic nitrogens is 1. The number of halogens is 3. The third-order valence-corrected chi connectivity index (χ3v) is 6.47. The molecule has 1 aliphatic rings. The molecule has 3 aromatic rings. The van der Waals surface area contributed by atoms with E-state index in [1.807, 2.05) is 10.6 Å². The van der Waals surface area contributed by atoms with Crippen LogP contribution in [0.25, 0.3) is 16.9 Å². The van der Waals surface area contributed by atoms with Crippen LogP contribution in [0.2, 0.25) is 0 Å². The molecule has 0 fully saturated rings. The van der Waals surface area contributed by atoms with Crippen LogP contribution in [0.4, 0.5) is 13.2 Å². The van der Waals surface area contributed by atoms with Crippen molar-refractivity contribution in [2.75, 3.05) is 0 Å². The second kappa shape index (κ2) is 7.84. The van der Waals surface area contributed by atoms with Gasteiger partial charge in [-0.1, -0.05) is 39.0 Å². The van der Waals surface area contributed by atoms with Crippen LogP contribution >= 0.6 is 0 Å². The lowest BCUT2D eigenvalue weighted by molar-refractivity contribution is -0.137. The number of carbonyl (C=O) groups is 1. The summed E-state index contributed by atoms with van der Waals surface area (Å²) in [6.07, 6.45) is -1.67. The predicted octanol–water partition coefficient (Wildman–Crippen LogP) is 7.01. The zero-order chi connectivity index (χ0) is 23.3. The molecule has 0 radical (unpaired) electrons. The SMILES string of the molecule is CC(C)(C)C1CCc2c(cc(-c3ccc(C(F)(F)F)cc3)n2-c2cccc(C(=O)O)c2)C1. The first-order chi connectivity index (χ1) is 14.9. The van der Waals surface area contributed by atoms with Gasteiger partial charge in [0.2, 0.25) is 0 Å². The van der Waals surface area contributed by atoms with Crippen LogP contribution < -0.4 is 0 Å². The summed E-state index contributed by atoms with van der Waals surface area (Å²) in [6.45, 7) is 6.69. The third-order valence-electron chi connectivity index (χ3n) is 6.47. The van der Waals surface area contributed by atoms with Crippen molar-refractivity contribution in [3.63, 3.8) is 0 Å². The molecule has 1 aliphatic carbocycles. The van der Waals surface area contributed by atoms with Crippen LogP contribution in [0.1, 0.15) is 54.4 Å². The van der Waals surface area contributed by atoms with Crippen molar-refractivity contribution >= 4 is 5.97 Å². The summed E-state index contributed by atoms with van der Waals surface area (Å²) in [7, 11) is 0. The lowest BCUT2D eigenvalue weighted by Crippen LogP contribution is -2.27. The molecule has 0 saturated heterocycles. The topological polar surface area (TPSA) is 42.2 Å². The number of aromatic carboxylic acids is 1. The molecule has 1 heterocycles. The molecule has 2 aromatic carbocycles. The Kier molecular flexibility index (Phi) is 5.43. The molecule has 32 heavy (non-hydrogen) atoms. The molecule has 4 rings (SSSR count). The molecule has 0 saturated carbocycles. The van der Waals surface area contributed by atoms with E-state index in [0.29, 0.717) is 17.2 Å². The third kappa shape index (κ3) is 4.18. The molecule has 1 aromatic heterocycles. The van der Waals surface area contributed by atoms with Crippen molar-refractivity contribution in [3.05, 3.63) is 77.0 Å². The van der Waals surface area contributed by atoms with E-state index < -0.39 is 17.7 Å². The Bertz CT molecular complexity index is 1150. The van der Waals surface area contributed by atoms with Gasteiger partial charge in [0.25, 0.3) is 0 Å². The van der Waals surface area contributed by atoms with E-state index in [9.17, 15) is 23.1 Å². The molecule has 0 bridgehead atoms. The fourth-order valence-corrected chi connectivity index (χ4v) is 4.58. The maximum absolute atomic E-state index is 13.1. The number of carboxylic acid groups (broad SMARTS) is 1. The van der Waals surface area contributed by atoms with Gasteiger partial charge in [0.1, 0.15) is 0 Å². The van der Waals surface area contributed by atoms with Gasteiger partial charge in [-0.3, -0.25) is 0 Å². The van der Waals surface area contributed by atoms with Crippen molar-refractivity contribution < 1.29 is 23.1 Å². The summed E-state index contributed by atoms with van der Waals surface area (Å²) in [5.74, 6) is -0.520.